The molecule has 1 amide bonds. The van der Waals surface area contributed by atoms with Gasteiger partial charge in [0.2, 0.25) is 5.91 Å². The van der Waals surface area contributed by atoms with Crippen molar-refractivity contribution in [3.63, 3.8) is 0 Å². The number of amides is 1. The van der Waals surface area contributed by atoms with Crippen LogP contribution in [0, 0.1) is 0 Å². The minimum atomic E-state index is -0.405. The van der Waals surface area contributed by atoms with E-state index in [1.165, 1.54) is 23.1 Å². The van der Waals surface area contributed by atoms with Gasteiger partial charge in [0, 0.05) is 17.1 Å². The van der Waals surface area contributed by atoms with Crippen LogP contribution in [0.5, 0.6) is 0 Å². The summed E-state index contributed by atoms with van der Waals surface area (Å²) in [5.41, 5.74) is 0. The molecular formula is C13H14ClN3O3S. The molecule has 2 aromatic rings. The van der Waals surface area contributed by atoms with Crippen LogP contribution in [0.15, 0.2) is 24.4 Å². The summed E-state index contributed by atoms with van der Waals surface area (Å²) in [4.78, 5) is 24.1. The van der Waals surface area contributed by atoms with Gasteiger partial charge < -0.3 is 10.1 Å². The second-order valence-electron chi connectivity index (χ2n) is 4.33. The summed E-state index contributed by atoms with van der Waals surface area (Å²) in [5, 5.41) is 6.78. The molecule has 0 spiro atoms. The lowest BCUT2D eigenvalue weighted by molar-refractivity contribution is -0.141. The van der Waals surface area contributed by atoms with Crippen LogP contribution in [0.4, 0.5) is 5.82 Å². The van der Waals surface area contributed by atoms with Crippen LogP contribution >= 0.6 is 22.9 Å². The monoisotopic (exact) mass is 327 g/mol. The van der Waals surface area contributed by atoms with Crippen LogP contribution in [-0.2, 0) is 20.9 Å². The van der Waals surface area contributed by atoms with Crippen molar-refractivity contribution in [1.82, 2.24) is 9.78 Å². The number of aromatic nitrogens is 2. The number of rotatable bonds is 5. The van der Waals surface area contributed by atoms with Gasteiger partial charge in [-0.1, -0.05) is 11.6 Å². The summed E-state index contributed by atoms with van der Waals surface area (Å²) >= 11 is 7.23. The number of carbonyl (C=O) groups is 2. The van der Waals surface area contributed by atoms with Crippen LogP contribution < -0.4 is 5.32 Å². The predicted octanol–water partition coefficient (Wildman–Crippen LogP) is 2.51. The van der Waals surface area contributed by atoms with E-state index >= 15 is 0 Å². The van der Waals surface area contributed by atoms with Gasteiger partial charge in [0.15, 0.2) is 5.82 Å². The van der Waals surface area contributed by atoms with Gasteiger partial charge in [-0.3, -0.25) is 14.3 Å². The molecule has 0 unspecified atom stereocenters. The van der Waals surface area contributed by atoms with Crippen molar-refractivity contribution < 1.29 is 14.3 Å². The standard InChI is InChI=1S/C13H14ClN3O3S/c1-8(9-3-4-10(14)21-9)13(19)15-11-5-6-17(16-11)7-12(18)20-2/h3-6,8H,7H2,1-2H3,(H,15,16,19)/t8-/m0/s1. The topological polar surface area (TPSA) is 73.2 Å². The zero-order chi connectivity index (χ0) is 15.4. The number of esters is 1. The molecule has 112 valence electrons. The van der Waals surface area contributed by atoms with Crippen molar-refractivity contribution >= 4 is 40.6 Å². The smallest absolute Gasteiger partial charge is 0.327 e. The van der Waals surface area contributed by atoms with E-state index in [1.54, 1.807) is 25.3 Å². The molecule has 2 aromatic heterocycles. The molecule has 0 radical (unpaired) electrons. The highest BCUT2D eigenvalue weighted by atomic mass is 35.5. The third-order valence-corrected chi connectivity index (χ3v) is 4.24. The van der Waals surface area contributed by atoms with Gasteiger partial charge in [0.05, 0.1) is 17.4 Å². The molecule has 8 heteroatoms. The van der Waals surface area contributed by atoms with Gasteiger partial charge in [-0.05, 0) is 19.1 Å². The van der Waals surface area contributed by atoms with Gasteiger partial charge in [0.1, 0.15) is 6.54 Å². The molecule has 0 aliphatic carbocycles. The number of nitrogens with zero attached hydrogens (tertiary/aromatic N) is 2. The Labute approximate surface area is 130 Å². The summed E-state index contributed by atoms with van der Waals surface area (Å²) < 4.78 is 6.59. The third kappa shape index (κ3) is 4.05. The zero-order valence-electron chi connectivity index (χ0n) is 11.5. The predicted molar refractivity (Wildman–Crippen MR) is 80.6 cm³/mol. The summed E-state index contributed by atoms with van der Waals surface area (Å²) in [6, 6.07) is 5.21. The van der Waals surface area contributed by atoms with Gasteiger partial charge >= 0.3 is 5.97 Å². The van der Waals surface area contributed by atoms with Gasteiger partial charge in [0.25, 0.3) is 0 Å². The van der Waals surface area contributed by atoms with Gasteiger partial charge in [-0.2, -0.15) is 5.10 Å². The first-order valence-electron chi connectivity index (χ1n) is 6.16. The van der Waals surface area contributed by atoms with Crippen LogP contribution in [-0.4, -0.2) is 28.8 Å². The van der Waals surface area contributed by atoms with E-state index in [9.17, 15) is 9.59 Å². The first kappa shape index (κ1) is 15.5. The Morgan fingerprint density at radius 1 is 1.48 bits per heavy atom. The van der Waals surface area contributed by atoms with E-state index in [0.717, 1.165) is 4.88 Å². The Balaban J connectivity index is 1.98. The fourth-order valence-corrected chi connectivity index (χ4v) is 2.75. The first-order chi connectivity index (χ1) is 9.99. The number of anilines is 1. The van der Waals surface area contributed by atoms with Crippen LogP contribution in [0.1, 0.15) is 17.7 Å². The van der Waals surface area contributed by atoms with Crippen LogP contribution in [0.25, 0.3) is 0 Å². The molecule has 0 bridgehead atoms. The maximum Gasteiger partial charge on any atom is 0.327 e. The van der Waals surface area contributed by atoms with Crippen molar-refractivity contribution in [3.8, 4) is 0 Å². The van der Waals surface area contributed by atoms with Gasteiger partial charge in [-0.15, -0.1) is 11.3 Å². The SMILES string of the molecule is COC(=O)Cn1ccc(NC(=O)[C@@H](C)c2ccc(Cl)s2)n1. The Morgan fingerprint density at radius 3 is 2.86 bits per heavy atom. The second-order valence-corrected chi connectivity index (χ2v) is 6.07. The molecule has 0 aliphatic rings. The average molecular weight is 328 g/mol. The number of hydrogen-bond donors (Lipinski definition) is 1. The maximum atomic E-state index is 12.1. The first-order valence-corrected chi connectivity index (χ1v) is 7.35. The molecule has 0 saturated carbocycles. The Hall–Kier alpha value is -1.86. The fourth-order valence-electron chi connectivity index (χ4n) is 1.64. The number of hydrogen-bond acceptors (Lipinski definition) is 5. The minimum absolute atomic E-state index is 0.00244. The lowest BCUT2D eigenvalue weighted by atomic mass is 10.1. The fraction of sp³-hybridized carbons (Fsp3) is 0.308. The highest BCUT2D eigenvalue weighted by molar-refractivity contribution is 7.16. The summed E-state index contributed by atoms with van der Waals surface area (Å²) in [6.45, 7) is 1.80. The van der Waals surface area contributed by atoms with Crippen molar-refractivity contribution in [1.29, 1.82) is 0 Å². The molecule has 6 nitrogen and oxygen atoms in total. The number of carbonyl (C=O) groups excluding carboxylic acids is 2. The van der Waals surface area contributed by atoms with E-state index in [1.807, 2.05) is 6.07 Å². The highest BCUT2D eigenvalue weighted by Gasteiger charge is 2.18. The molecule has 2 heterocycles. The quantitative estimate of drug-likeness (QED) is 0.856. The normalized spacial score (nSPS) is 12.0. The molecule has 1 N–H and O–H groups in total. The molecule has 0 fully saturated rings. The molecule has 0 saturated heterocycles. The van der Waals surface area contributed by atoms with E-state index in [0.29, 0.717) is 10.2 Å². The van der Waals surface area contributed by atoms with Crippen molar-refractivity contribution in [2.45, 2.75) is 19.4 Å². The Kier molecular flexibility index (Phi) is 4.98. The zero-order valence-corrected chi connectivity index (χ0v) is 13.1. The molecule has 21 heavy (non-hydrogen) atoms. The summed E-state index contributed by atoms with van der Waals surface area (Å²) in [5.74, 6) is -0.527. The number of methoxy groups -OCH3 is 1. The number of thiophene rings is 1. The summed E-state index contributed by atoms with van der Waals surface area (Å²) in [6.07, 6.45) is 1.60. The second kappa shape index (κ2) is 6.73. The minimum Gasteiger partial charge on any atom is -0.468 e. The van der Waals surface area contributed by atoms with Crippen LogP contribution in [0.2, 0.25) is 4.34 Å². The molecule has 1 atom stereocenters. The van der Waals surface area contributed by atoms with E-state index in [2.05, 4.69) is 15.2 Å². The number of halogens is 1. The number of nitrogens with one attached hydrogen (secondary N) is 1. The van der Waals surface area contributed by atoms with Crippen LogP contribution in [0.3, 0.4) is 0 Å². The Bertz CT molecular complexity index is 653. The van der Waals surface area contributed by atoms with Gasteiger partial charge in [-0.25, -0.2) is 0 Å². The Morgan fingerprint density at radius 2 is 2.24 bits per heavy atom. The lowest BCUT2D eigenvalue weighted by Crippen LogP contribution is -2.19. The molecule has 2 rings (SSSR count). The van der Waals surface area contributed by atoms with E-state index < -0.39 is 5.97 Å². The third-order valence-electron chi connectivity index (χ3n) is 2.82. The van der Waals surface area contributed by atoms with Crippen molar-refractivity contribution in [2.75, 3.05) is 12.4 Å². The van der Waals surface area contributed by atoms with E-state index in [-0.39, 0.29) is 18.4 Å². The lowest BCUT2D eigenvalue weighted by Gasteiger charge is -2.08. The highest BCUT2D eigenvalue weighted by Crippen LogP contribution is 2.28. The molecular weight excluding hydrogens is 314 g/mol. The number of ether oxygens (including phenoxy) is 1. The molecule has 0 aliphatic heterocycles. The average Bonchev–Trinajstić information content (AvgIpc) is 3.07. The van der Waals surface area contributed by atoms with E-state index in [4.69, 9.17) is 11.6 Å². The largest absolute Gasteiger partial charge is 0.468 e. The molecule has 0 aromatic carbocycles. The van der Waals surface area contributed by atoms with Crippen molar-refractivity contribution in [2.24, 2.45) is 0 Å². The summed E-state index contributed by atoms with van der Waals surface area (Å²) in [7, 11) is 1.31. The maximum absolute atomic E-state index is 12.1. The van der Waals surface area contributed by atoms with Crippen molar-refractivity contribution in [3.05, 3.63) is 33.6 Å².